The molecule has 4 saturated carbocycles. The number of nitrogens with zero attached hydrogens (tertiary/aromatic N) is 1. The Hall–Kier alpha value is -2.12. The number of fused-ring (bicyclic) bond motifs is 3. The molecule has 2 aromatic carbocycles. The minimum absolute atomic E-state index is 0.0663. The fourth-order valence-electron chi connectivity index (χ4n) is 10.2. The van der Waals surface area contributed by atoms with E-state index in [1.807, 2.05) is 24.5 Å². The van der Waals surface area contributed by atoms with Gasteiger partial charge in [0.15, 0.2) is 11.5 Å². The molecule has 1 saturated heterocycles. The SMILES string of the molecule is CO[C@]12CC[C@@]3(C[C@@H]1COCc1cc4ccccc4s1)[C@H]1Cc4ccc(O)c5c4[C@@]3(CCN1CC1CC1)[C@H]2O5. The summed E-state index contributed by atoms with van der Waals surface area (Å²) in [6.45, 7) is 3.70. The van der Waals surface area contributed by atoms with Crippen LogP contribution in [0.4, 0.5) is 0 Å². The summed E-state index contributed by atoms with van der Waals surface area (Å²) in [4.78, 5) is 4.15. The Morgan fingerprint density at radius 2 is 2.03 bits per heavy atom. The van der Waals surface area contributed by atoms with E-state index in [0.717, 1.165) is 43.9 Å². The Labute approximate surface area is 234 Å². The van der Waals surface area contributed by atoms with Gasteiger partial charge in [-0.25, -0.2) is 0 Å². The van der Waals surface area contributed by atoms with E-state index in [1.54, 1.807) is 0 Å². The maximum atomic E-state index is 11.0. The minimum atomic E-state index is -0.398. The van der Waals surface area contributed by atoms with Gasteiger partial charge in [-0.05, 0) is 86.6 Å². The van der Waals surface area contributed by atoms with Gasteiger partial charge in [-0.15, -0.1) is 11.3 Å². The van der Waals surface area contributed by atoms with Gasteiger partial charge in [0.25, 0.3) is 0 Å². The summed E-state index contributed by atoms with van der Waals surface area (Å²) in [7, 11) is 1.89. The van der Waals surface area contributed by atoms with E-state index in [4.69, 9.17) is 14.2 Å². The van der Waals surface area contributed by atoms with E-state index in [-0.39, 0.29) is 22.9 Å². The number of likely N-dealkylation sites (tertiary alicyclic amines) is 1. The predicted molar refractivity (Wildman–Crippen MR) is 152 cm³/mol. The molecule has 5 nitrogen and oxygen atoms in total. The van der Waals surface area contributed by atoms with Crippen LogP contribution in [0, 0.1) is 17.3 Å². The zero-order chi connectivity index (χ0) is 26.0. The van der Waals surface area contributed by atoms with Crippen LogP contribution in [0.3, 0.4) is 0 Å². The van der Waals surface area contributed by atoms with Gasteiger partial charge in [0.2, 0.25) is 0 Å². The van der Waals surface area contributed by atoms with E-state index in [9.17, 15) is 5.11 Å². The first-order valence-corrected chi connectivity index (χ1v) is 15.8. The number of hydrogen-bond acceptors (Lipinski definition) is 6. The van der Waals surface area contributed by atoms with Crippen LogP contribution in [-0.4, -0.2) is 54.6 Å². The first kappa shape index (κ1) is 23.6. The first-order chi connectivity index (χ1) is 19.1. The molecule has 6 heteroatoms. The quantitative estimate of drug-likeness (QED) is 0.393. The highest BCUT2D eigenvalue weighted by Crippen LogP contribution is 2.76. The number of phenols is 1. The third kappa shape index (κ3) is 2.91. The number of rotatable bonds is 7. The summed E-state index contributed by atoms with van der Waals surface area (Å²) < 4.78 is 21.4. The Morgan fingerprint density at radius 3 is 2.87 bits per heavy atom. The average Bonchev–Trinajstić information content (AvgIpc) is 3.54. The fraction of sp³-hybridized carbons (Fsp3) is 0.576. The van der Waals surface area contributed by atoms with E-state index >= 15 is 0 Å². The molecule has 10 rings (SSSR count). The van der Waals surface area contributed by atoms with Crippen LogP contribution in [0.2, 0.25) is 0 Å². The predicted octanol–water partition coefficient (Wildman–Crippen LogP) is 6.05. The molecule has 6 atom stereocenters. The highest BCUT2D eigenvalue weighted by molar-refractivity contribution is 7.19. The highest BCUT2D eigenvalue weighted by Gasteiger charge is 2.80. The molecule has 204 valence electrons. The van der Waals surface area contributed by atoms with Crippen molar-refractivity contribution in [3.63, 3.8) is 0 Å². The molecule has 7 aliphatic rings. The first-order valence-electron chi connectivity index (χ1n) is 14.9. The minimum Gasteiger partial charge on any atom is -0.504 e. The second kappa shape index (κ2) is 8.00. The lowest BCUT2D eigenvalue weighted by Crippen LogP contribution is -2.81. The molecule has 0 amide bonds. The molecule has 1 N–H and O–H groups in total. The molecular formula is C33H37NO4S. The monoisotopic (exact) mass is 543 g/mol. The second-order valence-corrected chi connectivity index (χ2v) is 14.5. The topological polar surface area (TPSA) is 51.2 Å². The number of methoxy groups -OCH3 is 1. The average molecular weight is 544 g/mol. The van der Waals surface area contributed by atoms with Crippen molar-refractivity contribution >= 4 is 21.4 Å². The summed E-state index contributed by atoms with van der Waals surface area (Å²) in [6.07, 6.45) is 8.19. The van der Waals surface area contributed by atoms with E-state index < -0.39 is 5.60 Å². The van der Waals surface area contributed by atoms with Crippen LogP contribution in [0.25, 0.3) is 10.1 Å². The van der Waals surface area contributed by atoms with Crippen LogP contribution in [0.1, 0.15) is 54.5 Å². The van der Waals surface area contributed by atoms with Gasteiger partial charge in [-0.3, -0.25) is 4.90 Å². The maximum absolute atomic E-state index is 11.0. The zero-order valence-electron chi connectivity index (χ0n) is 22.7. The maximum Gasteiger partial charge on any atom is 0.165 e. The van der Waals surface area contributed by atoms with Crippen molar-refractivity contribution in [1.29, 1.82) is 0 Å². The van der Waals surface area contributed by atoms with Crippen LogP contribution in [0.5, 0.6) is 11.5 Å². The van der Waals surface area contributed by atoms with Crippen LogP contribution < -0.4 is 4.74 Å². The highest BCUT2D eigenvalue weighted by atomic mass is 32.1. The van der Waals surface area contributed by atoms with E-state index in [2.05, 4.69) is 41.3 Å². The van der Waals surface area contributed by atoms with Gasteiger partial charge in [0.05, 0.1) is 13.2 Å². The van der Waals surface area contributed by atoms with Gasteiger partial charge >= 0.3 is 0 Å². The number of hydrogen-bond donors (Lipinski definition) is 1. The lowest BCUT2D eigenvalue weighted by atomic mass is 9.35. The summed E-state index contributed by atoms with van der Waals surface area (Å²) in [5, 5.41) is 12.3. The third-order valence-electron chi connectivity index (χ3n) is 11.8. The zero-order valence-corrected chi connectivity index (χ0v) is 23.5. The van der Waals surface area contributed by atoms with Crippen LogP contribution in [0.15, 0.2) is 42.5 Å². The van der Waals surface area contributed by atoms with Gasteiger partial charge in [-0.1, -0.05) is 24.3 Å². The number of aromatic hydroxyl groups is 1. The Kier molecular flexibility index (Phi) is 4.83. The van der Waals surface area contributed by atoms with Crippen LogP contribution >= 0.6 is 11.3 Å². The van der Waals surface area contributed by atoms with Crippen molar-refractivity contribution in [2.24, 2.45) is 17.3 Å². The Balaban J connectivity index is 1.10. The van der Waals surface area contributed by atoms with Crippen molar-refractivity contribution in [1.82, 2.24) is 4.90 Å². The summed E-state index contributed by atoms with van der Waals surface area (Å²) in [5.74, 6) is 2.21. The molecule has 3 aromatic rings. The van der Waals surface area contributed by atoms with Gasteiger partial charge in [-0.2, -0.15) is 0 Å². The summed E-state index contributed by atoms with van der Waals surface area (Å²) in [5.41, 5.74) is 2.40. The molecule has 39 heavy (non-hydrogen) atoms. The smallest absolute Gasteiger partial charge is 0.165 e. The fourth-order valence-corrected chi connectivity index (χ4v) is 11.2. The molecule has 1 aromatic heterocycles. The van der Waals surface area contributed by atoms with Crippen molar-refractivity contribution < 1.29 is 19.3 Å². The molecule has 2 spiro atoms. The van der Waals surface area contributed by atoms with Crippen LogP contribution in [-0.2, 0) is 27.9 Å². The molecule has 0 unspecified atom stereocenters. The van der Waals surface area contributed by atoms with Crippen molar-refractivity contribution in [3.8, 4) is 11.5 Å². The normalized spacial score (nSPS) is 37.7. The van der Waals surface area contributed by atoms with E-state index in [1.165, 1.54) is 51.9 Å². The van der Waals surface area contributed by atoms with E-state index in [0.29, 0.717) is 25.0 Å². The Bertz CT molecular complexity index is 1450. The summed E-state index contributed by atoms with van der Waals surface area (Å²) in [6, 6.07) is 15.4. The molecule has 3 heterocycles. The Morgan fingerprint density at radius 1 is 1.13 bits per heavy atom. The van der Waals surface area contributed by atoms with Crippen molar-refractivity contribution in [2.75, 3.05) is 26.8 Å². The second-order valence-electron chi connectivity index (χ2n) is 13.3. The number of phenolic OH excluding ortho intramolecular Hbond substituents is 1. The third-order valence-corrected chi connectivity index (χ3v) is 12.9. The van der Waals surface area contributed by atoms with Gasteiger partial charge < -0.3 is 19.3 Å². The molecular weight excluding hydrogens is 506 g/mol. The lowest BCUT2D eigenvalue weighted by Gasteiger charge is -2.74. The molecule has 0 radical (unpaired) electrons. The number of thiophene rings is 1. The number of ether oxygens (including phenoxy) is 3. The van der Waals surface area contributed by atoms with Gasteiger partial charge in [0.1, 0.15) is 11.7 Å². The lowest BCUT2D eigenvalue weighted by molar-refractivity contribution is -0.283. The molecule has 4 bridgehead atoms. The van der Waals surface area contributed by atoms with Gasteiger partial charge in [0, 0.05) is 51.6 Å². The molecule has 5 aliphatic carbocycles. The number of benzene rings is 2. The molecule has 5 fully saturated rings. The summed E-state index contributed by atoms with van der Waals surface area (Å²) >= 11 is 1.83. The molecule has 2 aliphatic heterocycles. The standard InChI is InChI=1S/C33H37NO4S/c1-36-33-11-10-31(16-23(33)18-37-19-24-14-21-4-2-3-5-26(21)39-24)27-15-22-8-9-25(35)29-28(22)32(31,30(33)38-29)12-13-34(27)17-20-6-7-20/h2-5,8-9,14,20,23,27,30,35H,6-7,10-13,15-19H2,1H3/t23-,27-,30-,31-,32+,33-/m1/s1. The van der Waals surface area contributed by atoms with Crippen molar-refractivity contribution in [3.05, 3.63) is 58.5 Å². The number of piperidine rings is 1. The largest absolute Gasteiger partial charge is 0.504 e. The van der Waals surface area contributed by atoms with Crippen molar-refractivity contribution in [2.45, 2.75) is 74.7 Å².